The molecule has 0 aromatic rings. The lowest BCUT2D eigenvalue weighted by Gasteiger charge is -1.59. The molecule has 0 bridgehead atoms. The number of hydrogen-bond acceptors (Lipinski definition) is 1. The van der Waals surface area contributed by atoms with Crippen LogP contribution < -0.4 is 0 Å². The smallest absolute Gasteiger partial charge is 0.123 e. The maximum Gasteiger partial charge on any atom is 0.123 e. The van der Waals surface area contributed by atoms with Crippen LogP contribution in [0.4, 0.5) is 0 Å². The standard InChI is InChI=1S/C4H6O.B.H2/c1-2-3-4-5;;/h2,4H,1,3H2;;1H. The molecule has 0 unspecified atom stereocenters. The molecular formula is C4H8BO. The van der Waals surface area contributed by atoms with Gasteiger partial charge in [-0.05, 0) is 0 Å². The van der Waals surface area contributed by atoms with Gasteiger partial charge in [-0.1, -0.05) is 6.08 Å². The SMILES string of the molecule is C=CCC=O.[B].[HH]. The van der Waals surface area contributed by atoms with Gasteiger partial charge in [0.2, 0.25) is 0 Å². The van der Waals surface area contributed by atoms with E-state index in [1.165, 1.54) is 0 Å². The second-order valence-electron chi connectivity index (χ2n) is 0.691. The lowest BCUT2D eigenvalue weighted by Crippen LogP contribution is -1.59. The largest absolute Gasteiger partial charge is 0.303 e. The van der Waals surface area contributed by atoms with Gasteiger partial charge in [0.05, 0.1) is 0 Å². The molecule has 0 heterocycles. The third-order valence-electron chi connectivity index (χ3n) is 0.263. The average molecular weight is 82.9 g/mol. The van der Waals surface area contributed by atoms with Gasteiger partial charge < -0.3 is 4.79 Å². The molecule has 0 rings (SSSR count). The fraction of sp³-hybridized carbons (Fsp3) is 0.250. The van der Waals surface area contributed by atoms with Crippen molar-refractivity contribution in [2.75, 3.05) is 0 Å². The van der Waals surface area contributed by atoms with Crippen LogP contribution in [0.1, 0.15) is 7.85 Å². The lowest BCUT2D eigenvalue weighted by atomic mass is 10.5. The Hall–Kier alpha value is -0.525. The van der Waals surface area contributed by atoms with Gasteiger partial charge in [0, 0.05) is 16.3 Å². The Balaban J connectivity index is -0.0000000800. The van der Waals surface area contributed by atoms with Crippen molar-refractivity contribution in [3.05, 3.63) is 12.7 Å². The second kappa shape index (κ2) is 8.82. The molecule has 0 aromatic carbocycles. The highest BCUT2D eigenvalue weighted by molar-refractivity contribution is 5.75. The molecule has 0 fully saturated rings. The van der Waals surface area contributed by atoms with E-state index in [0.717, 1.165) is 6.29 Å². The highest BCUT2D eigenvalue weighted by atomic mass is 16.1. The number of hydrogen-bond donors (Lipinski definition) is 0. The first kappa shape index (κ1) is 9.08. The summed E-state index contributed by atoms with van der Waals surface area (Å²) in [6.45, 7) is 3.32. The fourth-order valence-electron chi connectivity index (χ4n) is 0.0680. The van der Waals surface area contributed by atoms with Gasteiger partial charge in [-0.25, -0.2) is 0 Å². The lowest BCUT2D eigenvalue weighted by molar-refractivity contribution is -0.107. The van der Waals surface area contributed by atoms with Gasteiger partial charge in [-0.2, -0.15) is 0 Å². The Kier molecular flexibility index (Phi) is 13.3. The summed E-state index contributed by atoms with van der Waals surface area (Å²) < 4.78 is 0. The first-order chi connectivity index (χ1) is 2.41. The van der Waals surface area contributed by atoms with E-state index in [1.54, 1.807) is 6.08 Å². The minimum absolute atomic E-state index is 0. The van der Waals surface area contributed by atoms with E-state index in [4.69, 9.17) is 0 Å². The van der Waals surface area contributed by atoms with Gasteiger partial charge in [0.15, 0.2) is 0 Å². The topological polar surface area (TPSA) is 17.1 Å². The van der Waals surface area contributed by atoms with Crippen LogP contribution in [-0.2, 0) is 4.79 Å². The van der Waals surface area contributed by atoms with Crippen molar-refractivity contribution in [3.63, 3.8) is 0 Å². The van der Waals surface area contributed by atoms with Crippen LogP contribution in [-0.4, -0.2) is 14.7 Å². The predicted molar refractivity (Wildman–Crippen MR) is 28.7 cm³/mol. The van der Waals surface area contributed by atoms with Crippen LogP contribution in [0, 0.1) is 0 Å². The molecule has 0 saturated carbocycles. The van der Waals surface area contributed by atoms with Crippen LogP contribution in [0.2, 0.25) is 0 Å². The fourth-order valence-corrected chi connectivity index (χ4v) is 0.0680. The number of aldehydes is 1. The molecule has 0 saturated heterocycles. The van der Waals surface area contributed by atoms with Crippen molar-refractivity contribution in [2.24, 2.45) is 0 Å². The number of allylic oxidation sites excluding steroid dienone is 1. The van der Waals surface area contributed by atoms with Crippen LogP contribution >= 0.6 is 0 Å². The molecule has 33 valence electrons. The highest BCUT2D eigenvalue weighted by Crippen LogP contribution is 1.64. The zero-order valence-corrected chi connectivity index (χ0v) is 3.55. The van der Waals surface area contributed by atoms with Crippen molar-refractivity contribution in [2.45, 2.75) is 6.42 Å². The quantitative estimate of drug-likeness (QED) is 0.272. The molecule has 0 amide bonds. The zero-order valence-electron chi connectivity index (χ0n) is 3.55. The Labute approximate surface area is 41.1 Å². The molecular weight excluding hydrogens is 74.9 g/mol. The maximum atomic E-state index is 9.33. The third kappa shape index (κ3) is 9.78. The molecule has 3 radical (unpaired) electrons. The Morgan fingerprint density at radius 3 is 2.33 bits per heavy atom. The summed E-state index contributed by atoms with van der Waals surface area (Å²) in [7, 11) is 0. The highest BCUT2D eigenvalue weighted by Gasteiger charge is 1.59. The van der Waals surface area contributed by atoms with E-state index in [1.807, 2.05) is 0 Å². The molecule has 0 aliphatic carbocycles. The summed E-state index contributed by atoms with van der Waals surface area (Å²) in [6, 6.07) is 0. The predicted octanol–water partition coefficient (Wildman–Crippen LogP) is 0.627. The number of rotatable bonds is 2. The molecule has 0 spiro atoms. The van der Waals surface area contributed by atoms with Gasteiger partial charge in [0.1, 0.15) is 6.29 Å². The minimum atomic E-state index is 0. The van der Waals surface area contributed by atoms with Crippen LogP contribution in [0.25, 0.3) is 0 Å². The molecule has 0 N–H and O–H groups in total. The van der Waals surface area contributed by atoms with E-state index >= 15 is 0 Å². The summed E-state index contributed by atoms with van der Waals surface area (Å²) in [6.07, 6.45) is 2.85. The maximum absolute atomic E-state index is 9.33. The molecule has 6 heavy (non-hydrogen) atoms. The molecule has 0 atom stereocenters. The van der Waals surface area contributed by atoms with E-state index < -0.39 is 0 Å². The summed E-state index contributed by atoms with van der Waals surface area (Å²) in [5.41, 5.74) is 0. The summed E-state index contributed by atoms with van der Waals surface area (Å²) in [5.74, 6) is 0. The Morgan fingerprint density at radius 2 is 2.33 bits per heavy atom. The van der Waals surface area contributed by atoms with Gasteiger partial charge in [-0.15, -0.1) is 6.58 Å². The Bertz CT molecular complexity index is 41.0. The molecule has 0 aliphatic heterocycles. The van der Waals surface area contributed by atoms with E-state index in [9.17, 15) is 4.79 Å². The van der Waals surface area contributed by atoms with Crippen molar-refractivity contribution in [1.29, 1.82) is 0 Å². The minimum Gasteiger partial charge on any atom is -0.303 e. The van der Waals surface area contributed by atoms with Crippen molar-refractivity contribution in [1.82, 2.24) is 0 Å². The Morgan fingerprint density at radius 1 is 1.83 bits per heavy atom. The van der Waals surface area contributed by atoms with Gasteiger partial charge in [0.25, 0.3) is 0 Å². The monoisotopic (exact) mass is 83.1 g/mol. The first-order valence-electron chi connectivity index (χ1n) is 1.46. The van der Waals surface area contributed by atoms with Crippen molar-refractivity contribution in [3.8, 4) is 0 Å². The molecule has 1 nitrogen and oxygen atoms in total. The summed E-state index contributed by atoms with van der Waals surface area (Å²) in [4.78, 5) is 9.33. The van der Waals surface area contributed by atoms with Crippen molar-refractivity contribution >= 4 is 14.7 Å². The number of carbonyl (C=O) groups excluding carboxylic acids is 1. The molecule has 2 heteroatoms. The first-order valence-corrected chi connectivity index (χ1v) is 1.46. The van der Waals surface area contributed by atoms with Gasteiger partial charge in [-0.3, -0.25) is 0 Å². The van der Waals surface area contributed by atoms with E-state index in [-0.39, 0.29) is 9.84 Å². The molecule has 0 aromatic heterocycles. The normalized spacial score (nSPS) is 5.33. The van der Waals surface area contributed by atoms with Crippen LogP contribution in [0.3, 0.4) is 0 Å². The average Bonchev–Trinajstić information content (AvgIpc) is 1.41. The van der Waals surface area contributed by atoms with Crippen LogP contribution in [0.5, 0.6) is 0 Å². The van der Waals surface area contributed by atoms with E-state index in [2.05, 4.69) is 6.58 Å². The molecule has 0 aliphatic rings. The summed E-state index contributed by atoms with van der Waals surface area (Å²) >= 11 is 0. The second-order valence-corrected chi connectivity index (χ2v) is 0.691. The third-order valence-corrected chi connectivity index (χ3v) is 0.263. The van der Waals surface area contributed by atoms with Gasteiger partial charge >= 0.3 is 0 Å². The van der Waals surface area contributed by atoms with E-state index in [0.29, 0.717) is 6.42 Å². The summed E-state index contributed by atoms with van der Waals surface area (Å²) in [5, 5.41) is 0. The zero-order chi connectivity index (χ0) is 4.12. The van der Waals surface area contributed by atoms with Crippen LogP contribution in [0.15, 0.2) is 12.7 Å². The number of carbonyl (C=O) groups is 1. The van der Waals surface area contributed by atoms with Crippen molar-refractivity contribution < 1.29 is 6.22 Å².